The Labute approximate surface area is 114 Å². The van der Waals surface area contributed by atoms with E-state index in [1.54, 1.807) is 0 Å². The molecule has 0 aliphatic heterocycles. The number of hydrogen-bond acceptors (Lipinski definition) is 3. The highest BCUT2D eigenvalue weighted by Crippen LogP contribution is 2.63. The molecule has 4 aliphatic carbocycles. The Morgan fingerprint density at radius 2 is 1.84 bits per heavy atom. The van der Waals surface area contributed by atoms with E-state index >= 15 is 0 Å². The summed E-state index contributed by atoms with van der Waals surface area (Å²) in [6.45, 7) is 0. The zero-order valence-electron chi connectivity index (χ0n) is 11.7. The minimum absolute atomic E-state index is 0.287. The van der Waals surface area contributed by atoms with Crippen LogP contribution in [0.4, 0.5) is 0 Å². The molecule has 1 aromatic heterocycles. The van der Waals surface area contributed by atoms with Crippen LogP contribution in [0.2, 0.25) is 0 Å². The molecule has 0 radical (unpaired) electrons. The molecule has 4 saturated carbocycles. The molecule has 19 heavy (non-hydrogen) atoms. The second-order valence-corrected chi connectivity index (χ2v) is 7.33. The number of aryl methyl sites for hydroxylation is 1. The van der Waals surface area contributed by atoms with Gasteiger partial charge in [-0.25, -0.2) is 0 Å². The van der Waals surface area contributed by atoms with Crippen molar-refractivity contribution in [3.8, 4) is 0 Å². The second kappa shape index (κ2) is 4.06. The van der Waals surface area contributed by atoms with Gasteiger partial charge in [-0.05, 0) is 61.7 Å². The third-order valence-corrected chi connectivity index (χ3v) is 5.92. The highest BCUT2D eigenvalue weighted by atomic mass is 15.3. The maximum Gasteiger partial charge on any atom is 0.0547 e. The topological polar surface area (TPSA) is 55.9 Å². The summed E-state index contributed by atoms with van der Waals surface area (Å²) >= 11 is 0. The van der Waals surface area contributed by atoms with Crippen LogP contribution in [-0.4, -0.2) is 9.78 Å². The van der Waals surface area contributed by atoms with E-state index in [2.05, 4.69) is 16.7 Å². The molecule has 5 rings (SSSR count). The third kappa shape index (κ3) is 1.77. The Balaban J connectivity index is 1.69. The quantitative estimate of drug-likeness (QED) is 0.646. The van der Waals surface area contributed by atoms with Gasteiger partial charge in [0.15, 0.2) is 0 Å². The second-order valence-electron chi connectivity index (χ2n) is 7.33. The van der Waals surface area contributed by atoms with Crippen LogP contribution < -0.4 is 11.3 Å². The van der Waals surface area contributed by atoms with Gasteiger partial charge in [-0.15, -0.1) is 0 Å². The van der Waals surface area contributed by atoms with Crippen LogP contribution in [-0.2, 0) is 7.05 Å². The van der Waals surface area contributed by atoms with E-state index < -0.39 is 0 Å². The lowest BCUT2D eigenvalue weighted by Crippen LogP contribution is -2.53. The molecule has 1 heterocycles. The van der Waals surface area contributed by atoms with E-state index in [1.807, 2.05) is 17.9 Å². The molecule has 1 unspecified atom stereocenters. The normalized spacial score (nSPS) is 41.7. The minimum Gasteiger partial charge on any atom is -0.275 e. The summed E-state index contributed by atoms with van der Waals surface area (Å²) in [5.74, 6) is 8.82. The Morgan fingerprint density at radius 1 is 1.26 bits per heavy atom. The van der Waals surface area contributed by atoms with Gasteiger partial charge in [-0.1, -0.05) is 0 Å². The number of hydrogen-bond donors (Lipinski definition) is 2. The lowest BCUT2D eigenvalue weighted by atomic mass is 9.47. The molecule has 0 saturated heterocycles. The van der Waals surface area contributed by atoms with Gasteiger partial charge in [0.2, 0.25) is 0 Å². The summed E-state index contributed by atoms with van der Waals surface area (Å²) in [5, 5.41) is 4.33. The van der Waals surface area contributed by atoms with Gasteiger partial charge >= 0.3 is 0 Å². The molecule has 0 spiro atoms. The zero-order valence-corrected chi connectivity index (χ0v) is 11.7. The van der Waals surface area contributed by atoms with E-state index in [0.717, 1.165) is 17.8 Å². The lowest BCUT2D eigenvalue weighted by Gasteiger charge is -2.59. The summed E-state index contributed by atoms with van der Waals surface area (Å²) in [4.78, 5) is 0. The molecule has 4 nitrogen and oxygen atoms in total. The maximum atomic E-state index is 5.95. The van der Waals surface area contributed by atoms with Gasteiger partial charge in [0.1, 0.15) is 0 Å². The monoisotopic (exact) mass is 260 g/mol. The van der Waals surface area contributed by atoms with Crippen molar-refractivity contribution in [3.63, 3.8) is 0 Å². The zero-order chi connectivity index (χ0) is 13.0. The van der Waals surface area contributed by atoms with Crippen LogP contribution >= 0.6 is 0 Å². The molecular formula is C15H24N4. The highest BCUT2D eigenvalue weighted by Gasteiger charge is 2.54. The SMILES string of the molecule is Cn1cc(C(NN)C23CC4CC(CC(C4)C2)C3)cn1. The number of hydrazine groups is 1. The molecule has 0 aromatic carbocycles. The predicted molar refractivity (Wildman–Crippen MR) is 73.9 cm³/mol. The summed E-state index contributed by atoms with van der Waals surface area (Å²) in [6.07, 6.45) is 12.6. The van der Waals surface area contributed by atoms with Crippen LogP contribution in [0.15, 0.2) is 12.4 Å². The molecule has 4 fully saturated rings. The van der Waals surface area contributed by atoms with E-state index in [-0.39, 0.29) is 6.04 Å². The number of nitrogens with zero attached hydrogens (tertiary/aromatic N) is 2. The van der Waals surface area contributed by atoms with Gasteiger partial charge in [-0.2, -0.15) is 5.10 Å². The van der Waals surface area contributed by atoms with Gasteiger partial charge in [0.25, 0.3) is 0 Å². The van der Waals surface area contributed by atoms with Crippen molar-refractivity contribution in [2.24, 2.45) is 36.1 Å². The van der Waals surface area contributed by atoms with E-state index in [4.69, 9.17) is 5.84 Å². The lowest BCUT2D eigenvalue weighted by molar-refractivity contribution is -0.0749. The van der Waals surface area contributed by atoms with Crippen molar-refractivity contribution >= 4 is 0 Å². The van der Waals surface area contributed by atoms with Gasteiger partial charge in [-0.3, -0.25) is 16.0 Å². The Kier molecular flexibility index (Phi) is 2.55. The number of nitrogens with one attached hydrogen (secondary N) is 1. The van der Waals surface area contributed by atoms with Gasteiger partial charge in [0, 0.05) is 18.8 Å². The van der Waals surface area contributed by atoms with Crippen LogP contribution in [0, 0.1) is 23.2 Å². The van der Waals surface area contributed by atoms with Crippen molar-refractivity contribution in [2.75, 3.05) is 0 Å². The molecule has 1 aromatic rings. The molecule has 4 bridgehead atoms. The van der Waals surface area contributed by atoms with Crippen molar-refractivity contribution < 1.29 is 0 Å². The first-order chi connectivity index (χ1) is 9.18. The molecular weight excluding hydrogens is 236 g/mol. The fourth-order valence-corrected chi connectivity index (χ4v) is 5.75. The smallest absolute Gasteiger partial charge is 0.0547 e. The molecule has 0 amide bonds. The molecule has 4 heteroatoms. The van der Waals surface area contributed by atoms with Crippen molar-refractivity contribution in [1.82, 2.24) is 15.2 Å². The van der Waals surface area contributed by atoms with Gasteiger partial charge in [0.05, 0.1) is 12.2 Å². The van der Waals surface area contributed by atoms with Crippen molar-refractivity contribution in [1.29, 1.82) is 0 Å². The van der Waals surface area contributed by atoms with Gasteiger partial charge < -0.3 is 0 Å². The van der Waals surface area contributed by atoms with Crippen LogP contribution in [0.25, 0.3) is 0 Å². The first kappa shape index (κ1) is 11.9. The molecule has 4 aliphatic rings. The summed E-state index contributed by atoms with van der Waals surface area (Å²) < 4.78 is 1.89. The summed E-state index contributed by atoms with van der Waals surface area (Å²) in [6, 6.07) is 0.287. The first-order valence-corrected chi connectivity index (χ1v) is 7.63. The number of nitrogens with two attached hydrogens (primary N) is 1. The summed E-state index contributed by atoms with van der Waals surface area (Å²) in [7, 11) is 1.98. The van der Waals surface area contributed by atoms with Crippen LogP contribution in [0.5, 0.6) is 0 Å². The van der Waals surface area contributed by atoms with Crippen molar-refractivity contribution in [2.45, 2.75) is 44.6 Å². The Bertz CT molecular complexity index is 443. The average molecular weight is 260 g/mol. The highest BCUT2D eigenvalue weighted by molar-refractivity contribution is 5.18. The third-order valence-electron chi connectivity index (χ3n) is 5.92. The van der Waals surface area contributed by atoms with E-state index in [9.17, 15) is 0 Å². The molecule has 104 valence electrons. The van der Waals surface area contributed by atoms with E-state index in [1.165, 1.54) is 44.1 Å². The minimum atomic E-state index is 0.287. The fraction of sp³-hybridized carbons (Fsp3) is 0.800. The maximum absolute atomic E-state index is 5.95. The first-order valence-electron chi connectivity index (χ1n) is 7.63. The van der Waals surface area contributed by atoms with Crippen molar-refractivity contribution in [3.05, 3.63) is 18.0 Å². The summed E-state index contributed by atoms with van der Waals surface area (Å²) in [5.41, 5.74) is 4.80. The number of aromatic nitrogens is 2. The van der Waals surface area contributed by atoms with Crippen LogP contribution in [0.1, 0.15) is 50.1 Å². The Hall–Kier alpha value is -0.870. The standard InChI is InChI=1S/C15H24N4/c1-19-9-13(8-17-19)14(18-16)15-5-10-2-11(6-15)4-12(3-10)7-15/h8-12,14,18H,2-7,16H2,1H3. The van der Waals surface area contributed by atoms with E-state index in [0.29, 0.717) is 5.41 Å². The largest absolute Gasteiger partial charge is 0.275 e. The van der Waals surface area contributed by atoms with Crippen LogP contribution in [0.3, 0.4) is 0 Å². The molecule has 1 atom stereocenters. The average Bonchev–Trinajstić information content (AvgIpc) is 2.74. The Morgan fingerprint density at radius 3 is 2.26 bits per heavy atom. The number of rotatable bonds is 3. The fourth-order valence-electron chi connectivity index (χ4n) is 5.75. The predicted octanol–water partition coefficient (Wildman–Crippen LogP) is 2.14. The molecule has 3 N–H and O–H groups in total.